The van der Waals surface area contributed by atoms with Crippen molar-refractivity contribution < 1.29 is 39.8 Å². The van der Waals surface area contributed by atoms with Crippen LogP contribution in [0.4, 0.5) is 0 Å². The molecule has 1 saturated heterocycles. The summed E-state index contributed by atoms with van der Waals surface area (Å²) < 4.78 is 11.2. The van der Waals surface area contributed by atoms with Gasteiger partial charge in [-0.2, -0.15) is 0 Å². The summed E-state index contributed by atoms with van der Waals surface area (Å²) >= 11 is 0. The maximum absolute atomic E-state index is 11.2. The van der Waals surface area contributed by atoms with Crippen LogP contribution in [0.25, 0.3) is 0 Å². The van der Waals surface area contributed by atoms with E-state index in [1.54, 1.807) is 6.92 Å². The molecule has 0 aromatic carbocycles. The van der Waals surface area contributed by atoms with Crippen LogP contribution in [0.3, 0.4) is 0 Å². The largest absolute Gasteiger partial charge is 0.394 e. The molecular formula is C19H30O8. The van der Waals surface area contributed by atoms with Crippen LogP contribution in [0.1, 0.15) is 40.5 Å². The second-order valence-electron chi connectivity index (χ2n) is 8.30. The highest BCUT2D eigenvalue weighted by Gasteiger charge is 2.49. The predicted molar refractivity (Wildman–Crippen MR) is 94.6 cm³/mol. The lowest BCUT2D eigenvalue weighted by atomic mass is 9.65. The molecule has 0 aromatic heterocycles. The highest BCUT2D eigenvalue weighted by molar-refractivity contribution is 5.87. The van der Waals surface area contributed by atoms with Crippen molar-refractivity contribution in [2.45, 2.75) is 82.9 Å². The number of ether oxygens (including phenoxy) is 2. The zero-order valence-electron chi connectivity index (χ0n) is 16.1. The number of ketones is 1. The first-order chi connectivity index (χ1) is 12.4. The molecule has 0 radical (unpaired) electrons. The van der Waals surface area contributed by atoms with Crippen LogP contribution in [0.5, 0.6) is 0 Å². The average Bonchev–Trinajstić information content (AvgIpc) is 2.52. The Bertz CT molecular complexity index is 597. The zero-order valence-corrected chi connectivity index (χ0v) is 16.1. The fourth-order valence-electron chi connectivity index (χ4n) is 4.01. The highest BCUT2D eigenvalue weighted by Crippen LogP contribution is 2.46. The van der Waals surface area contributed by atoms with E-state index in [9.17, 15) is 30.3 Å². The lowest BCUT2D eigenvalue weighted by molar-refractivity contribution is -0.316. The van der Waals surface area contributed by atoms with Crippen molar-refractivity contribution in [3.63, 3.8) is 0 Å². The van der Waals surface area contributed by atoms with Gasteiger partial charge in [-0.1, -0.05) is 13.8 Å². The first kappa shape index (κ1) is 22.2. The Morgan fingerprint density at radius 1 is 1.22 bits per heavy atom. The number of rotatable bonds is 4. The smallest absolute Gasteiger partial charge is 0.186 e. The van der Waals surface area contributed by atoms with E-state index in [0.717, 1.165) is 0 Å². The molecule has 1 heterocycles. The Morgan fingerprint density at radius 3 is 2.37 bits per heavy atom. The third-order valence-corrected chi connectivity index (χ3v) is 5.17. The first-order valence-electron chi connectivity index (χ1n) is 9.05. The summed E-state index contributed by atoms with van der Waals surface area (Å²) in [5.41, 5.74) is 1.65. The van der Waals surface area contributed by atoms with Gasteiger partial charge in [0.15, 0.2) is 12.1 Å². The number of carbonyl (C=O) groups excluding carboxylic acids is 1. The van der Waals surface area contributed by atoms with Crippen molar-refractivity contribution in [1.82, 2.24) is 0 Å². The summed E-state index contributed by atoms with van der Waals surface area (Å²) in [7, 11) is 0. The predicted octanol–water partition coefficient (Wildman–Crippen LogP) is -0.587. The fourth-order valence-corrected chi connectivity index (χ4v) is 4.01. The molecule has 27 heavy (non-hydrogen) atoms. The molecule has 8 nitrogen and oxygen atoms in total. The van der Waals surface area contributed by atoms with Crippen molar-refractivity contribution >= 4 is 5.78 Å². The molecule has 154 valence electrons. The number of carbonyl (C=O) groups is 1. The molecule has 1 saturated carbocycles. The van der Waals surface area contributed by atoms with E-state index in [-0.39, 0.29) is 12.2 Å². The number of hydrogen-bond donors (Lipinski definition) is 5. The minimum Gasteiger partial charge on any atom is -0.394 e. The van der Waals surface area contributed by atoms with Gasteiger partial charge in [-0.3, -0.25) is 4.79 Å². The van der Waals surface area contributed by atoms with Crippen molar-refractivity contribution in [1.29, 1.82) is 0 Å². The molecule has 7 atom stereocenters. The lowest BCUT2D eigenvalue weighted by Crippen LogP contribution is -2.60. The molecule has 2 rings (SSSR count). The summed E-state index contributed by atoms with van der Waals surface area (Å²) in [4.78, 5) is 11.2. The minimum atomic E-state index is -1.52. The van der Waals surface area contributed by atoms with Gasteiger partial charge >= 0.3 is 0 Å². The average molecular weight is 386 g/mol. The Labute approximate surface area is 158 Å². The number of hydrogen-bond acceptors (Lipinski definition) is 8. The molecule has 0 amide bonds. The van der Waals surface area contributed by atoms with Gasteiger partial charge in [0, 0.05) is 18.1 Å². The third-order valence-electron chi connectivity index (χ3n) is 5.17. The molecule has 8 heteroatoms. The Hall–Kier alpha value is -1.09. The first-order valence-corrected chi connectivity index (χ1v) is 9.05. The minimum absolute atomic E-state index is 0.166. The van der Waals surface area contributed by atoms with E-state index in [1.165, 1.54) is 13.0 Å². The lowest BCUT2D eigenvalue weighted by Gasteiger charge is -2.47. The fraction of sp³-hybridized carbons (Fsp3) is 0.789. The van der Waals surface area contributed by atoms with Crippen LogP contribution < -0.4 is 0 Å². The van der Waals surface area contributed by atoms with Gasteiger partial charge in [-0.05, 0) is 25.7 Å². The summed E-state index contributed by atoms with van der Waals surface area (Å²) in [6, 6.07) is 0. The van der Waals surface area contributed by atoms with Gasteiger partial charge in [0.25, 0.3) is 0 Å². The SMILES string of the molecule is CC(=O)C=C=C1C(C)(C)C[C@H](O[C@@H]2O[C@H](CO)[C@@H](O)[C@@H](O)[C@H]2O)C[C@@]1(C)O. The van der Waals surface area contributed by atoms with Gasteiger partial charge in [0.05, 0.1) is 18.3 Å². The Balaban J connectivity index is 2.20. The second-order valence-corrected chi connectivity index (χ2v) is 8.30. The van der Waals surface area contributed by atoms with Crippen LogP contribution in [0.15, 0.2) is 17.4 Å². The molecule has 0 unspecified atom stereocenters. The molecule has 0 aromatic rings. The standard InChI is InChI=1S/C19H30O8/c1-10(21)5-6-13-18(2,3)7-11(8-19(13,4)25)26-17-16(24)15(23)14(22)12(9-20)27-17/h5,11-12,14-17,20,22-25H,7-9H2,1-4H3/t6?,11-,12+,14+,15+,16+,17+,19+/m0/s1. The number of aliphatic hydroxyl groups excluding tert-OH is 4. The topological polar surface area (TPSA) is 137 Å². The van der Waals surface area contributed by atoms with E-state index in [0.29, 0.717) is 12.0 Å². The maximum Gasteiger partial charge on any atom is 0.186 e. The normalized spacial score (nSPS) is 41.7. The molecule has 5 N–H and O–H groups in total. The quantitative estimate of drug-likeness (QED) is 0.320. The van der Waals surface area contributed by atoms with Gasteiger partial charge in [0.2, 0.25) is 0 Å². The molecule has 2 fully saturated rings. The van der Waals surface area contributed by atoms with E-state index >= 15 is 0 Å². The van der Waals surface area contributed by atoms with Gasteiger partial charge in [0.1, 0.15) is 24.4 Å². The van der Waals surface area contributed by atoms with Gasteiger partial charge in [-0.15, -0.1) is 5.73 Å². The Morgan fingerprint density at radius 2 is 1.85 bits per heavy atom. The second kappa shape index (κ2) is 8.11. The number of aliphatic hydroxyl groups is 5. The molecule has 1 aliphatic carbocycles. The van der Waals surface area contributed by atoms with Crippen LogP contribution in [0.2, 0.25) is 0 Å². The van der Waals surface area contributed by atoms with Gasteiger partial charge < -0.3 is 35.0 Å². The molecular weight excluding hydrogens is 356 g/mol. The van der Waals surface area contributed by atoms with Crippen molar-refractivity contribution in [2.75, 3.05) is 6.61 Å². The summed E-state index contributed by atoms with van der Waals surface area (Å²) in [6.07, 6.45) is -5.40. The van der Waals surface area contributed by atoms with Crippen LogP contribution >= 0.6 is 0 Å². The molecule has 1 aliphatic heterocycles. The van der Waals surface area contributed by atoms with E-state index in [4.69, 9.17) is 9.47 Å². The zero-order chi connectivity index (χ0) is 20.6. The van der Waals surface area contributed by atoms with E-state index in [2.05, 4.69) is 5.73 Å². The van der Waals surface area contributed by atoms with Crippen LogP contribution in [-0.2, 0) is 14.3 Å². The van der Waals surface area contributed by atoms with Crippen molar-refractivity contribution in [2.24, 2.45) is 5.41 Å². The highest BCUT2D eigenvalue weighted by atomic mass is 16.7. The van der Waals surface area contributed by atoms with Crippen molar-refractivity contribution in [3.05, 3.63) is 17.4 Å². The third kappa shape index (κ3) is 4.85. The van der Waals surface area contributed by atoms with E-state index < -0.39 is 54.4 Å². The monoisotopic (exact) mass is 386 g/mol. The van der Waals surface area contributed by atoms with Gasteiger partial charge in [-0.25, -0.2) is 0 Å². The molecule has 2 aliphatic rings. The summed E-state index contributed by atoms with van der Waals surface area (Å²) in [5, 5.41) is 50.1. The molecule has 0 bridgehead atoms. The Kier molecular flexibility index (Phi) is 6.67. The summed E-state index contributed by atoms with van der Waals surface area (Å²) in [5.74, 6) is -0.172. The molecule has 0 spiro atoms. The summed E-state index contributed by atoms with van der Waals surface area (Å²) in [6.45, 7) is 6.25. The maximum atomic E-state index is 11.2. The van der Waals surface area contributed by atoms with E-state index in [1.807, 2.05) is 13.8 Å². The van der Waals surface area contributed by atoms with Crippen molar-refractivity contribution in [3.8, 4) is 0 Å². The van der Waals surface area contributed by atoms with Crippen LogP contribution in [0, 0.1) is 5.41 Å². The van der Waals surface area contributed by atoms with Crippen LogP contribution in [-0.4, -0.2) is 80.3 Å².